The van der Waals surface area contributed by atoms with Crippen LogP contribution in [0.25, 0.3) is 0 Å². The molecule has 1 unspecified atom stereocenters. The maximum Gasteiger partial charge on any atom is 0.389 e. The maximum atomic E-state index is 13.4. The third-order valence-electron chi connectivity index (χ3n) is 5.58. The van der Waals surface area contributed by atoms with Gasteiger partial charge in [-0.3, -0.25) is 4.90 Å². The molecule has 0 aliphatic carbocycles. The monoisotopic (exact) mass is 376 g/mol. The summed E-state index contributed by atoms with van der Waals surface area (Å²) in [7, 11) is 0. The summed E-state index contributed by atoms with van der Waals surface area (Å²) in [6.45, 7) is 4.52. The van der Waals surface area contributed by atoms with E-state index in [-0.39, 0.29) is 11.8 Å². The van der Waals surface area contributed by atoms with E-state index in [9.17, 15) is 22.0 Å². The molecule has 0 amide bonds. The number of benzene rings is 1. The topological polar surface area (TPSA) is 6.48 Å². The van der Waals surface area contributed by atoms with Crippen LogP contribution in [0.15, 0.2) is 18.2 Å². The molecule has 146 valence electrons. The maximum absolute atomic E-state index is 13.4. The van der Waals surface area contributed by atoms with Crippen LogP contribution in [0, 0.1) is 17.0 Å². The first kappa shape index (κ1) is 19.5. The zero-order valence-corrected chi connectivity index (χ0v) is 14.8. The van der Waals surface area contributed by atoms with Crippen LogP contribution in [0.1, 0.15) is 37.7 Å². The van der Waals surface area contributed by atoms with Crippen LogP contribution in [0.4, 0.5) is 22.0 Å². The molecule has 2 aliphatic rings. The lowest BCUT2D eigenvalue weighted by Crippen LogP contribution is -2.44. The normalized spacial score (nSPS) is 25.3. The second kappa shape index (κ2) is 7.80. The van der Waals surface area contributed by atoms with Crippen molar-refractivity contribution < 1.29 is 22.0 Å². The van der Waals surface area contributed by atoms with Gasteiger partial charge in [0.1, 0.15) is 0 Å². The second-order valence-electron chi connectivity index (χ2n) is 7.81. The SMILES string of the molecule is Fc1ccc(CN2CCCC3(CCN(CCCC(F)(F)F)C3)C2)cc1F. The van der Waals surface area contributed by atoms with Crippen LogP contribution in [0.5, 0.6) is 0 Å². The van der Waals surface area contributed by atoms with Gasteiger partial charge in [0, 0.05) is 26.1 Å². The van der Waals surface area contributed by atoms with Gasteiger partial charge in [0.2, 0.25) is 0 Å². The van der Waals surface area contributed by atoms with Gasteiger partial charge in [-0.1, -0.05) is 6.07 Å². The number of halogens is 5. The fourth-order valence-corrected chi connectivity index (χ4v) is 4.40. The highest BCUT2D eigenvalue weighted by Crippen LogP contribution is 2.39. The summed E-state index contributed by atoms with van der Waals surface area (Å²) in [5.74, 6) is -1.67. The molecule has 0 aromatic heterocycles. The van der Waals surface area contributed by atoms with E-state index in [1.807, 2.05) is 0 Å². The summed E-state index contributed by atoms with van der Waals surface area (Å²) in [4.78, 5) is 4.40. The van der Waals surface area contributed by atoms with E-state index in [0.717, 1.165) is 57.1 Å². The Morgan fingerprint density at radius 2 is 1.73 bits per heavy atom. The number of hydrogen-bond donors (Lipinski definition) is 0. The van der Waals surface area contributed by atoms with Crippen LogP contribution >= 0.6 is 0 Å². The number of hydrogen-bond acceptors (Lipinski definition) is 2. The fourth-order valence-electron chi connectivity index (χ4n) is 4.40. The van der Waals surface area contributed by atoms with Gasteiger partial charge in [-0.05, 0) is 68.4 Å². The summed E-state index contributed by atoms with van der Waals surface area (Å²) in [5.41, 5.74) is 0.871. The summed E-state index contributed by atoms with van der Waals surface area (Å²) >= 11 is 0. The number of nitrogens with zero attached hydrogens (tertiary/aromatic N) is 2. The quantitative estimate of drug-likeness (QED) is 0.694. The minimum atomic E-state index is -4.08. The number of alkyl halides is 3. The average molecular weight is 376 g/mol. The first-order valence-electron chi connectivity index (χ1n) is 9.20. The molecule has 0 radical (unpaired) electrons. The molecule has 3 rings (SSSR count). The van der Waals surface area contributed by atoms with Gasteiger partial charge < -0.3 is 4.90 Å². The Balaban J connectivity index is 1.52. The van der Waals surface area contributed by atoms with Crippen LogP contribution in [-0.4, -0.2) is 48.7 Å². The third kappa shape index (κ3) is 5.16. The van der Waals surface area contributed by atoms with Crippen molar-refractivity contribution in [3.05, 3.63) is 35.4 Å². The molecule has 0 N–H and O–H groups in total. The number of piperidine rings is 1. The highest BCUT2D eigenvalue weighted by Gasteiger charge is 2.41. The zero-order chi connectivity index (χ0) is 18.8. The van der Waals surface area contributed by atoms with Gasteiger partial charge in [-0.25, -0.2) is 8.78 Å². The molecule has 2 saturated heterocycles. The van der Waals surface area contributed by atoms with E-state index in [1.165, 1.54) is 6.07 Å². The summed E-state index contributed by atoms with van der Waals surface area (Å²) in [6, 6.07) is 4.01. The Kier molecular flexibility index (Phi) is 5.87. The van der Waals surface area contributed by atoms with E-state index in [1.54, 1.807) is 6.07 Å². The van der Waals surface area contributed by atoms with Crippen molar-refractivity contribution in [3.63, 3.8) is 0 Å². The zero-order valence-electron chi connectivity index (χ0n) is 14.8. The van der Waals surface area contributed by atoms with E-state index in [2.05, 4.69) is 9.80 Å². The Bertz CT molecular complexity index is 618. The predicted octanol–water partition coefficient (Wildman–Crippen LogP) is 4.60. The van der Waals surface area contributed by atoms with E-state index < -0.39 is 24.2 Å². The van der Waals surface area contributed by atoms with Crippen molar-refractivity contribution in [2.45, 2.75) is 44.8 Å². The highest BCUT2D eigenvalue weighted by atomic mass is 19.4. The predicted molar refractivity (Wildman–Crippen MR) is 89.6 cm³/mol. The van der Waals surface area contributed by atoms with E-state index in [4.69, 9.17) is 0 Å². The van der Waals surface area contributed by atoms with Crippen molar-refractivity contribution in [1.29, 1.82) is 0 Å². The van der Waals surface area contributed by atoms with Gasteiger partial charge in [0.25, 0.3) is 0 Å². The minimum Gasteiger partial charge on any atom is -0.303 e. The van der Waals surface area contributed by atoms with Crippen LogP contribution in [0.2, 0.25) is 0 Å². The van der Waals surface area contributed by atoms with Gasteiger partial charge in [0.15, 0.2) is 11.6 Å². The lowest BCUT2D eigenvalue weighted by molar-refractivity contribution is -0.136. The molecule has 0 saturated carbocycles. The van der Waals surface area contributed by atoms with Crippen LogP contribution in [0.3, 0.4) is 0 Å². The number of likely N-dealkylation sites (tertiary alicyclic amines) is 2. The van der Waals surface area contributed by atoms with Gasteiger partial charge in [0.05, 0.1) is 0 Å². The van der Waals surface area contributed by atoms with Gasteiger partial charge in [-0.2, -0.15) is 13.2 Å². The van der Waals surface area contributed by atoms with Crippen molar-refractivity contribution >= 4 is 0 Å². The van der Waals surface area contributed by atoms with E-state index in [0.29, 0.717) is 13.1 Å². The summed E-state index contributed by atoms with van der Waals surface area (Å²) in [6.07, 6.45) is -1.55. The molecule has 2 aliphatic heterocycles. The van der Waals surface area contributed by atoms with Crippen molar-refractivity contribution in [3.8, 4) is 0 Å². The largest absolute Gasteiger partial charge is 0.389 e. The summed E-state index contributed by atoms with van der Waals surface area (Å²) in [5, 5.41) is 0. The first-order valence-corrected chi connectivity index (χ1v) is 9.20. The molecular weight excluding hydrogens is 351 g/mol. The molecule has 1 aromatic carbocycles. The minimum absolute atomic E-state index is 0.120. The average Bonchev–Trinajstić information content (AvgIpc) is 2.92. The molecule has 26 heavy (non-hydrogen) atoms. The fraction of sp³-hybridized carbons (Fsp3) is 0.684. The molecule has 2 heterocycles. The van der Waals surface area contributed by atoms with Gasteiger partial charge >= 0.3 is 6.18 Å². The standard InChI is InChI=1S/C19H25F5N2/c20-16-4-3-15(11-17(16)21)12-26-9-1-5-18(14-26)7-10-25(13-18)8-2-6-19(22,23)24/h3-4,11H,1-2,5-10,12-14H2. The van der Waals surface area contributed by atoms with Crippen LogP contribution in [-0.2, 0) is 6.54 Å². The van der Waals surface area contributed by atoms with Crippen molar-refractivity contribution in [2.24, 2.45) is 5.41 Å². The Labute approximate surface area is 151 Å². The number of rotatable bonds is 5. The lowest BCUT2D eigenvalue weighted by Gasteiger charge is -2.40. The summed E-state index contributed by atoms with van der Waals surface area (Å²) < 4.78 is 63.4. The molecule has 1 spiro atoms. The lowest BCUT2D eigenvalue weighted by atomic mass is 9.79. The van der Waals surface area contributed by atoms with E-state index >= 15 is 0 Å². The highest BCUT2D eigenvalue weighted by molar-refractivity contribution is 5.18. The molecule has 1 aromatic rings. The smallest absolute Gasteiger partial charge is 0.303 e. The molecule has 0 bridgehead atoms. The Morgan fingerprint density at radius 1 is 0.962 bits per heavy atom. The van der Waals surface area contributed by atoms with Crippen LogP contribution < -0.4 is 0 Å². The molecule has 2 fully saturated rings. The Hall–Kier alpha value is -1.21. The van der Waals surface area contributed by atoms with Crippen molar-refractivity contribution in [1.82, 2.24) is 9.80 Å². The molecular formula is C19H25F5N2. The van der Waals surface area contributed by atoms with Crippen molar-refractivity contribution in [2.75, 3.05) is 32.7 Å². The van der Waals surface area contributed by atoms with Gasteiger partial charge in [-0.15, -0.1) is 0 Å². The first-order chi connectivity index (χ1) is 12.2. The Morgan fingerprint density at radius 3 is 2.46 bits per heavy atom. The molecule has 2 nitrogen and oxygen atoms in total. The second-order valence-corrected chi connectivity index (χ2v) is 7.81. The molecule has 1 atom stereocenters. The third-order valence-corrected chi connectivity index (χ3v) is 5.58. The molecule has 7 heteroatoms.